The molecule has 1 aromatic rings. The van der Waals surface area contributed by atoms with Crippen LogP contribution in [0.5, 0.6) is 0 Å². The number of rotatable bonds is 6. The fraction of sp³-hybridized carbons (Fsp3) is 0.500. The highest BCUT2D eigenvalue weighted by atomic mass is 79.9. The molecule has 1 aliphatic rings. The number of halogens is 2. The lowest BCUT2D eigenvalue weighted by Gasteiger charge is -2.32. The van der Waals surface area contributed by atoms with Crippen LogP contribution in [0, 0.1) is 11.8 Å². The van der Waals surface area contributed by atoms with Crippen molar-refractivity contribution in [1.29, 1.82) is 0 Å². The molecule has 128 valence electrons. The zero-order valence-corrected chi connectivity index (χ0v) is 15.6. The first-order valence-electron chi connectivity index (χ1n) is 7.34. The molecule has 1 saturated heterocycles. The van der Waals surface area contributed by atoms with Gasteiger partial charge in [-0.15, -0.1) is 12.4 Å². The second-order valence-corrected chi connectivity index (χ2v) is 6.52. The Morgan fingerprint density at radius 3 is 2.43 bits per heavy atom. The van der Waals surface area contributed by atoms with Crippen molar-refractivity contribution < 1.29 is 14.3 Å². The third-order valence-electron chi connectivity index (χ3n) is 4.12. The lowest BCUT2D eigenvalue weighted by molar-refractivity contribution is -0.141. The van der Waals surface area contributed by atoms with Crippen molar-refractivity contribution in [3.63, 3.8) is 0 Å². The van der Waals surface area contributed by atoms with Gasteiger partial charge in [0.15, 0.2) is 0 Å². The minimum Gasteiger partial charge on any atom is -0.469 e. The van der Waals surface area contributed by atoms with E-state index in [0.717, 1.165) is 23.1 Å². The van der Waals surface area contributed by atoms with Gasteiger partial charge in [-0.2, -0.15) is 0 Å². The highest BCUT2D eigenvalue weighted by Crippen LogP contribution is 2.22. The summed E-state index contributed by atoms with van der Waals surface area (Å²) in [4.78, 5) is 24.0. The molecule has 2 N–H and O–H groups in total. The van der Waals surface area contributed by atoms with E-state index in [4.69, 9.17) is 4.74 Å². The number of methoxy groups -OCH3 is 1. The Balaban J connectivity index is 0.00000264. The van der Waals surface area contributed by atoms with Crippen molar-refractivity contribution in [3.05, 3.63) is 34.3 Å². The monoisotopic (exact) mass is 404 g/mol. The fourth-order valence-electron chi connectivity index (χ4n) is 2.38. The molecule has 0 bridgehead atoms. The number of carbonyl (C=O) groups is 2. The van der Waals surface area contributed by atoms with Crippen LogP contribution in [0.2, 0.25) is 0 Å². The second-order valence-electron chi connectivity index (χ2n) is 5.60. The van der Waals surface area contributed by atoms with Gasteiger partial charge in [-0.3, -0.25) is 9.59 Å². The molecule has 0 spiro atoms. The van der Waals surface area contributed by atoms with Crippen LogP contribution in [0.3, 0.4) is 0 Å². The first kappa shape index (κ1) is 19.9. The zero-order valence-electron chi connectivity index (χ0n) is 13.2. The molecule has 0 aliphatic carbocycles. The second kappa shape index (κ2) is 9.25. The normalized spacial score (nSPS) is 16.5. The molecule has 1 fully saturated rings. The SMILES string of the molecule is COC(=O)CC(NC(=O)C(C)C1CNC1)c1ccc(Br)cc1.Cl. The van der Waals surface area contributed by atoms with E-state index < -0.39 is 0 Å². The maximum atomic E-state index is 12.4. The molecule has 0 saturated carbocycles. The minimum absolute atomic E-state index is 0. The molecule has 2 rings (SSSR count). The molecular formula is C16H22BrClN2O3. The van der Waals surface area contributed by atoms with E-state index in [1.165, 1.54) is 7.11 Å². The standard InChI is InChI=1S/C16H21BrN2O3.ClH/c1-10(12-8-18-9-12)16(21)19-14(7-15(20)22-2)11-3-5-13(17)6-4-11;/h3-6,10,12,14,18H,7-9H2,1-2H3,(H,19,21);1H. The van der Waals surface area contributed by atoms with Gasteiger partial charge in [0.25, 0.3) is 0 Å². The molecule has 2 atom stereocenters. The molecule has 1 aromatic carbocycles. The van der Waals surface area contributed by atoms with Crippen LogP contribution in [-0.4, -0.2) is 32.1 Å². The Bertz CT molecular complexity index is 535. The molecule has 1 aliphatic heterocycles. The third-order valence-corrected chi connectivity index (χ3v) is 4.65. The van der Waals surface area contributed by atoms with E-state index >= 15 is 0 Å². The summed E-state index contributed by atoms with van der Waals surface area (Å²) >= 11 is 3.38. The summed E-state index contributed by atoms with van der Waals surface area (Å²) in [5.74, 6) is -0.0740. The number of esters is 1. The quantitative estimate of drug-likeness (QED) is 0.714. The number of benzene rings is 1. The average molecular weight is 406 g/mol. The van der Waals surface area contributed by atoms with E-state index in [2.05, 4.69) is 26.6 Å². The van der Waals surface area contributed by atoms with E-state index in [1.807, 2.05) is 31.2 Å². The molecule has 1 heterocycles. The lowest BCUT2D eigenvalue weighted by atomic mass is 9.88. The first-order chi connectivity index (χ1) is 10.5. The maximum Gasteiger partial charge on any atom is 0.307 e. The predicted octanol–water partition coefficient (Wildman–Crippen LogP) is 2.45. The molecular weight excluding hydrogens is 384 g/mol. The summed E-state index contributed by atoms with van der Waals surface area (Å²) in [7, 11) is 1.35. The van der Waals surface area contributed by atoms with Crippen LogP contribution in [0.15, 0.2) is 28.7 Å². The fourth-order valence-corrected chi connectivity index (χ4v) is 2.64. The van der Waals surface area contributed by atoms with Crippen LogP contribution >= 0.6 is 28.3 Å². The number of carbonyl (C=O) groups excluding carboxylic acids is 2. The molecule has 0 aromatic heterocycles. The van der Waals surface area contributed by atoms with E-state index in [-0.39, 0.29) is 42.7 Å². The topological polar surface area (TPSA) is 67.4 Å². The van der Waals surface area contributed by atoms with Gasteiger partial charge in [0.2, 0.25) is 5.91 Å². The van der Waals surface area contributed by atoms with Gasteiger partial charge < -0.3 is 15.4 Å². The number of amides is 1. The highest BCUT2D eigenvalue weighted by molar-refractivity contribution is 9.10. The molecule has 23 heavy (non-hydrogen) atoms. The van der Waals surface area contributed by atoms with Gasteiger partial charge in [-0.05, 0) is 36.7 Å². The smallest absolute Gasteiger partial charge is 0.307 e. The van der Waals surface area contributed by atoms with E-state index in [9.17, 15) is 9.59 Å². The van der Waals surface area contributed by atoms with Crippen molar-refractivity contribution in [1.82, 2.24) is 10.6 Å². The van der Waals surface area contributed by atoms with E-state index in [1.54, 1.807) is 0 Å². The third kappa shape index (κ3) is 5.48. The van der Waals surface area contributed by atoms with Gasteiger partial charge in [-0.25, -0.2) is 0 Å². The van der Waals surface area contributed by atoms with Crippen molar-refractivity contribution in [3.8, 4) is 0 Å². The number of nitrogens with one attached hydrogen (secondary N) is 2. The van der Waals surface area contributed by atoms with Crippen molar-refractivity contribution in [2.75, 3.05) is 20.2 Å². The van der Waals surface area contributed by atoms with Crippen LogP contribution in [-0.2, 0) is 14.3 Å². The van der Waals surface area contributed by atoms with Gasteiger partial charge in [0.1, 0.15) is 0 Å². The molecule has 1 amide bonds. The molecule has 5 nitrogen and oxygen atoms in total. The van der Waals surface area contributed by atoms with Gasteiger partial charge >= 0.3 is 5.97 Å². The Hall–Kier alpha value is -1.11. The lowest BCUT2D eigenvalue weighted by Crippen LogP contribution is -2.50. The largest absolute Gasteiger partial charge is 0.469 e. The summed E-state index contributed by atoms with van der Waals surface area (Å²) in [6, 6.07) is 7.21. The molecule has 0 radical (unpaired) electrons. The summed E-state index contributed by atoms with van der Waals surface area (Å²) in [6.45, 7) is 3.67. The van der Waals surface area contributed by atoms with Crippen LogP contribution in [0.1, 0.15) is 24.9 Å². The Kier molecular flexibility index (Phi) is 8.02. The summed E-state index contributed by atoms with van der Waals surface area (Å²) < 4.78 is 5.69. The van der Waals surface area contributed by atoms with E-state index in [0.29, 0.717) is 5.92 Å². The first-order valence-corrected chi connectivity index (χ1v) is 8.14. The van der Waals surface area contributed by atoms with Gasteiger partial charge in [0, 0.05) is 10.4 Å². The Morgan fingerprint density at radius 1 is 1.35 bits per heavy atom. The number of hydrogen-bond acceptors (Lipinski definition) is 4. The van der Waals surface area contributed by atoms with Crippen LogP contribution in [0.4, 0.5) is 0 Å². The molecule has 2 unspecified atom stereocenters. The van der Waals surface area contributed by atoms with Crippen LogP contribution < -0.4 is 10.6 Å². The number of ether oxygens (including phenoxy) is 1. The molecule has 7 heteroatoms. The average Bonchev–Trinajstić information content (AvgIpc) is 2.45. The Labute approximate surface area is 151 Å². The predicted molar refractivity (Wildman–Crippen MR) is 94.4 cm³/mol. The number of hydrogen-bond donors (Lipinski definition) is 2. The highest BCUT2D eigenvalue weighted by Gasteiger charge is 2.30. The van der Waals surface area contributed by atoms with Crippen LogP contribution in [0.25, 0.3) is 0 Å². The minimum atomic E-state index is -0.372. The maximum absolute atomic E-state index is 12.4. The Morgan fingerprint density at radius 2 is 1.96 bits per heavy atom. The zero-order chi connectivity index (χ0) is 16.1. The van der Waals surface area contributed by atoms with Crippen molar-refractivity contribution in [2.24, 2.45) is 11.8 Å². The van der Waals surface area contributed by atoms with Crippen molar-refractivity contribution in [2.45, 2.75) is 19.4 Å². The summed E-state index contributed by atoms with van der Waals surface area (Å²) in [6.07, 6.45) is 0.125. The van der Waals surface area contributed by atoms with Crippen molar-refractivity contribution >= 4 is 40.2 Å². The summed E-state index contributed by atoms with van der Waals surface area (Å²) in [5, 5.41) is 6.15. The summed E-state index contributed by atoms with van der Waals surface area (Å²) in [5.41, 5.74) is 0.890. The van der Waals surface area contributed by atoms with Gasteiger partial charge in [-0.1, -0.05) is 35.0 Å². The van der Waals surface area contributed by atoms with Gasteiger partial charge in [0.05, 0.1) is 19.6 Å².